The molecule has 2 atom stereocenters. The number of carbonyl (C=O) groups excluding carboxylic acids is 2. The van der Waals surface area contributed by atoms with E-state index < -0.39 is 15.8 Å². The molecule has 248 valence electrons. The van der Waals surface area contributed by atoms with Crippen LogP contribution in [-0.4, -0.2) is 23.9 Å². The van der Waals surface area contributed by atoms with Crippen LogP contribution in [0.1, 0.15) is 46.4 Å². The molecule has 4 nitrogen and oxygen atoms in total. The first-order valence-electron chi connectivity index (χ1n) is 17.3. The summed E-state index contributed by atoms with van der Waals surface area (Å²) in [6.07, 6.45) is 3.63. The van der Waals surface area contributed by atoms with E-state index in [9.17, 15) is 9.59 Å². The first-order valence-corrected chi connectivity index (χ1v) is 20.0. The minimum absolute atomic E-state index is 0.0943. The molecule has 6 heteroatoms. The average Bonchev–Trinajstić information content (AvgIpc) is 3.18. The van der Waals surface area contributed by atoms with Crippen LogP contribution in [0.5, 0.6) is 0 Å². The van der Waals surface area contributed by atoms with Gasteiger partial charge in [-0.15, -0.1) is 0 Å². The Morgan fingerprint density at radius 2 is 0.680 bits per heavy atom. The van der Waals surface area contributed by atoms with E-state index >= 15 is 0 Å². The predicted octanol–water partition coefficient (Wildman–Crippen LogP) is 6.67. The molecule has 1 fully saturated rings. The van der Waals surface area contributed by atoms with E-state index in [1.807, 2.05) is 60.7 Å². The van der Waals surface area contributed by atoms with E-state index in [0.29, 0.717) is 11.1 Å². The molecule has 0 saturated heterocycles. The van der Waals surface area contributed by atoms with Crippen LogP contribution in [0.15, 0.2) is 170 Å². The van der Waals surface area contributed by atoms with Crippen molar-refractivity contribution in [1.29, 1.82) is 0 Å². The van der Waals surface area contributed by atoms with Crippen LogP contribution in [0, 0.1) is 0 Å². The van der Waals surface area contributed by atoms with Crippen molar-refractivity contribution in [2.75, 3.05) is 0 Å². The molecule has 6 aromatic carbocycles. The second kappa shape index (κ2) is 16.2. The molecular weight excluding hydrogens is 650 g/mol. The summed E-state index contributed by atoms with van der Waals surface area (Å²) in [5.74, 6) is -0.189. The van der Waals surface area contributed by atoms with Gasteiger partial charge >= 0.3 is 0 Å². The van der Waals surface area contributed by atoms with Crippen molar-refractivity contribution in [2.45, 2.75) is 37.8 Å². The quantitative estimate of drug-likeness (QED) is 0.158. The van der Waals surface area contributed by atoms with Crippen LogP contribution in [0.2, 0.25) is 0 Å². The van der Waals surface area contributed by atoms with Crippen molar-refractivity contribution in [2.24, 2.45) is 0 Å². The summed E-state index contributed by atoms with van der Waals surface area (Å²) in [7, 11) is -1.91. The molecule has 1 aliphatic carbocycles. The fourth-order valence-electron chi connectivity index (χ4n) is 6.85. The molecule has 0 aliphatic heterocycles. The first kappa shape index (κ1) is 33.6. The van der Waals surface area contributed by atoms with Gasteiger partial charge in [-0.05, 0) is 72.6 Å². The number of benzene rings is 6. The van der Waals surface area contributed by atoms with Crippen molar-refractivity contribution in [1.82, 2.24) is 10.6 Å². The van der Waals surface area contributed by atoms with Crippen LogP contribution in [-0.2, 0) is 0 Å². The summed E-state index contributed by atoms with van der Waals surface area (Å²) in [5, 5.41) is 13.6. The first-order chi connectivity index (χ1) is 24.7. The standard InChI is InChI=1S/C44H40N2O2P2/c47-43(37-27-13-17-31-41(37)49(33-19-5-1-6-20-33)34-21-7-2-8-22-34)45-39-29-15-16-30-40(39)46-44(48)38-28-14-18-32-42(38)50(35-23-9-3-10-24-35)36-25-11-4-12-26-36/h1-14,17-28,31-32,39-40H,15-16,29-30H2,(H,45,47)(H,46,48)/t39-,40?/m0/s1. The van der Waals surface area contributed by atoms with Gasteiger partial charge in [0, 0.05) is 23.2 Å². The maximum absolute atomic E-state index is 14.2. The molecule has 6 aromatic rings. The van der Waals surface area contributed by atoms with Crippen LogP contribution in [0.25, 0.3) is 0 Å². The highest BCUT2D eigenvalue weighted by molar-refractivity contribution is 7.80. The van der Waals surface area contributed by atoms with E-state index in [0.717, 1.165) is 36.3 Å². The van der Waals surface area contributed by atoms with Crippen LogP contribution in [0.3, 0.4) is 0 Å². The van der Waals surface area contributed by atoms with Crippen LogP contribution in [0.4, 0.5) is 0 Å². The van der Waals surface area contributed by atoms with E-state index in [-0.39, 0.29) is 23.9 Å². The molecule has 50 heavy (non-hydrogen) atoms. The largest absolute Gasteiger partial charge is 0.347 e. The van der Waals surface area contributed by atoms with E-state index in [1.54, 1.807) is 0 Å². The normalized spacial score (nSPS) is 15.8. The number of hydrogen-bond acceptors (Lipinski definition) is 2. The number of nitrogens with one attached hydrogen (secondary N) is 2. The van der Waals surface area contributed by atoms with Gasteiger partial charge in [0.25, 0.3) is 11.8 Å². The SMILES string of the molecule is O=C(NC1CCCC[C@@H]1NC(=O)c1ccccc1P(c1ccccc1)c1ccccc1)c1ccccc1P(c1ccccc1)c1ccccc1. The van der Waals surface area contributed by atoms with Gasteiger partial charge in [-0.2, -0.15) is 0 Å². The Labute approximate surface area is 297 Å². The lowest BCUT2D eigenvalue weighted by Gasteiger charge is -2.33. The maximum atomic E-state index is 14.2. The number of carbonyl (C=O) groups is 2. The Hall–Kier alpha value is -4.88. The Morgan fingerprint density at radius 1 is 0.400 bits per heavy atom. The van der Waals surface area contributed by atoms with Crippen molar-refractivity contribution in [3.63, 3.8) is 0 Å². The third-order valence-corrected chi connectivity index (χ3v) is 14.2. The maximum Gasteiger partial charge on any atom is 0.252 e. The van der Waals surface area contributed by atoms with Gasteiger partial charge in [0.05, 0.1) is 0 Å². The van der Waals surface area contributed by atoms with Crippen molar-refractivity contribution < 1.29 is 9.59 Å². The molecule has 1 unspecified atom stereocenters. The third kappa shape index (κ3) is 7.63. The Kier molecular flexibility index (Phi) is 10.9. The van der Waals surface area contributed by atoms with Crippen LogP contribution >= 0.6 is 15.8 Å². The second-order valence-electron chi connectivity index (χ2n) is 12.5. The predicted molar refractivity (Wildman–Crippen MR) is 211 cm³/mol. The zero-order valence-corrected chi connectivity index (χ0v) is 29.6. The molecule has 2 N–H and O–H groups in total. The van der Waals surface area contributed by atoms with Gasteiger partial charge in [-0.1, -0.05) is 171 Å². The lowest BCUT2D eigenvalue weighted by molar-refractivity contribution is 0.0864. The van der Waals surface area contributed by atoms with Gasteiger partial charge in [0.2, 0.25) is 0 Å². The van der Waals surface area contributed by atoms with E-state index in [1.165, 1.54) is 21.2 Å². The summed E-state index contributed by atoms with van der Waals surface area (Å²) < 4.78 is 0. The van der Waals surface area contributed by atoms with E-state index in [4.69, 9.17) is 0 Å². The zero-order chi connectivity index (χ0) is 34.1. The number of hydrogen-bond donors (Lipinski definition) is 2. The van der Waals surface area contributed by atoms with Crippen LogP contribution < -0.4 is 42.5 Å². The lowest BCUT2D eigenvalue weighted by Crippen LogP contribution is -2.54. The summed E-state index contributed by atoms with van der Waals surface area (Å²) >= 11 is 0. The smallest absolute Gasteiger partial charge is 0.252 e. The van der Waals surface area contributed by atoms with Gasteiger partial charge in [0.15, 0.2) is 0 Å². The van der Waals surface area contributed by atoms with Crippen molar-refractivity contribution in [3.05, 3.63) is 181 Å². The third-order valence-electron chi connectivity index (χ3n) is 9.24. The highest BCUT2D eigenvalue weighted by Crippen LogP contribution is 2.35. The minimum atomic E-state index is -0.955. The molecular formula is C44H40N2O2P2. The Balaban J connectivity index is 1.15. The number of amides is 2. The topological polar surface area (TPSA) is 58.2 Å². The molecule has 0 aromatic heterocycles. The summed E-state index contributed by atoms with van der Waals surface area (Å²) in [6.45, 7) is 0. The highest BCUT2D eigenvalue weighted by Gasteiger charge is 2.31. The number of rotatable bonds is 10. The fraction of sp³-hybridized carbons (Fsp3) is 0.136. The summed E-state index contributed by atoms with van der Waals surface area (Å²) in [6, 6.07) is 57.5. The molecule has 1 saturated carbocycles. The Bertz CT molecular complexity index is 1800. The molecule has 0 heterocycles. The Morgan fingerprint density at radius 3 is 1.00 bits per heavy atom. The van der Waals surface area contributed by atoms with Crippen molar-refractivity contribution >= 4 is 59.5 Å². The van der Waals surface area contributed by atoms with Gasteiger partial charge in [0.1, 0.15) is 0 Å². The molecule has 0 radical (unpaired) electrons. The van der Waals surface area contributed by atoms with Gasteiger partial charge in [-0.3, -0.25) is 9.59 Å². The second-order valence-corrected chi connectivity index (χ2v) is 16.9. The highest BCUT2D eigenvalue weighted by atomic mass is 31.1. The molecule has 0 bridgehead atoms. The monoisotopic (exact) mass is 690 g/mol. The van der Waals surface area contributed by atoms with Crippen molar-refractivity contribution in [3.8, 4) is 0 Å². The summed E-state index contributed by atoms with van der Waals surface area (Å²) in [5.41, 5.74) is 1.37. The molecule has 2 amide bonds. The summed E-state index contributed by atoms with van der Waals surface area (Å²) in [4.78, 5) is 28.5. The molecule has 0 spiro atoms. The molecule has 1 aliphatic rings. The fourth-order valence-corrected chi connectivity index (χ4v) is 11.7. The average molecular weight is 691 g/mol. The minimum Gasteiger partial charge on any atom is -0.347 e. The zero-order valence-electron chi connectivity index (χ0n) is 27.9. The van der Waals surface area contributed by atoms with Gasteiger partial charge < -0.3 is 10.6 Å². The van der Waals surface area contributed by atoms with Gasteiger partial charge in [-0.25, -0.2) is 0 Å². The molecule has 7 rings (SSSR count). The van der Waals surface area contributed by atoms with E-state index in [2.05, 4.69) is 120 Å². The lowest BCUT2D eigenvalue weighted by atomic mass is 9.89.